The fourth-order valence-electron chi connectivity index (χ4n) is 1.92. The van der Waals surface area contributed by atoms with Crippen molar-refractivity contribution in [1.29, 1.82) is 0 Å². The van der Waals surface area contributed by atoms with Crippen molar-refractivity contribution < 1.29 is 0 Å². The topological polar surface area (TPSA) is 43.8 Å². The van der Waals surface area contributed by atoms with Gasteiger partial charge in [-0.3, -0.25) is 4.68 Å². The van der Waals surface area contributed by atoms with Crippen molar-refractivity contribution in [2.75, 3.05) is 0 Å². The zero-order chi connectivity index (χ0) is 11.5. The van der Waals surface area contributed by atoms with E-state index in [4.69, 9.17) is 5.73 Å². The van der Waals surface area contributed by atoms with Gasteiger partial charge in [0.05, 0.1) is 11.7 Å². The Morgan fingerprint density at radius 1 is 1.44 bits per heavy atom. The second-order valence-electron chi connectivity index (χ2n) is 3.71. The molecular formula is C12H17N3S. The predicted molar refractivity (Wildman–Crippen MR) is 67.6 cm³/mol. The SMILES string of the molecule is CCc1ccsc1C(N)c1ccnn1CC. The van der Waals surface area contributed by atoms with Crippen LogP contribution in [0.2, 0.25) is 0 Å². The molecule has 2 aromatic heterocycles. The van der Waals surface area contributed by atoms with Gasteiger partial charge in [0.25, 0.3) is 0 Å². The summed E-state index contributed by atoms with van der Waals surface area (Å²) < 4.78 is 1.96. The van der Waals surface area contributed by atoms with Gasteiger partial charge in [0.1, 0.15) is 0 Å². The minimum atomic E-state index is -0.0441. The Morgan fingerprint density at radius 2 is 2.25 bits per heavy atom. The van der Waals surface area contributed by atoms with Crippen molar-refractivity contribution in [1.82, 2.24) is 9.78 Å². The van der Waals surface area contributed by atoms with E-state index in [-0.39, 0.29) is 6.04 Å². The van der Waals surface area contributed by atoms with Crippen LogP contribution in [-0.4, -0.2) is 9.78 Å². The second-order valence-corrected chi connectivity index (χ2v) is 4.66. The molecule has 86 valence electrons. The lowest BCUT2D eigenvalue weighted by Crippen LogP contribution is -2.17. The van der Waals surface area contributed by atoms with E-state index >= 15 is 0 Å². The molecule has 1 atom stereocenters. The standard InChI is InChI=1S/C12H17N3S/c1-3-9-6-8-16-12(9)11(13)10-5-7-14-15(10)4-2/h5-8,11H,3-4,13H2,1-2H3. The van der Waals surface area contributed by atoms with Gasteiger partial charge in [-0.25, -0.2) is 0 Å². The van der Waals surface area contributed by atoms with Gasteiger partial charge in [0.2, 0.25) is 0 Å². The molecular weight excluding hydrogens is 218 g/mol. The number of nitrogens with zero attached hydrogens (tertiary/aromatic N) is 2. The number of aryl methyl sites for hydroxylation is 2. The summed E-state index contributed by atoms with van der Waals surface area (Å²) in [4.78, 5) is 1.26. The van der Waals surface area contributed by atoms with Gasteiger partial charge in [0, 0.05) is 17.6 Å². The quantitative estimate of drug-likeness (QED) is 0.885. The summed E-state index contributed by atoms with van der Waals surface area (Å²) in [5, 5.41) is 6.37. The molecule has 0 saturated heterocycles. The molecule has 2 aromatic rings. The molecule has 0 aliphatic rings. The van der Waals surface area contributed by atoms with Gasteiger partial charge in [-0.15, -0.1) is 11.3 Å². The van der Waals surface area contributed by atoms with Crippen LogP contribution >= 0.6 is 11.3 Å². The molecule has 2 N–H and O–H groups in total. The van der Waals surface area contributed by atoms with Crippen LogP contribution in [0.5, 0.6) is 0 Å². The number of hydrogen-bond acceptors (Lipinski definition) is 3. The average Bonchev–Trinajstić information content (AvgIpc) is 2.96. The van der Waals surface area contributed by atoms with Crippen LogP contribution in [0.15, 0.2) is 23.7 Å². The Morgan fingerprint density at radius 3 is 2.94 bits per heavy atom. The van der Waals surface area contributed by atoms with Gasteiger partial charge in [-0.1, -0.05) is 6.92 Å². The number of nitrogens with two attached hydrogens (primary N) is 1. The molecule has 0 saturated carbocycles. The zero-order valence-electron chi connectivity index (χ0n) is 9.68. The van der Waals surface area contributed by atoms with Crippen LogP contribution in [0.4, 0.5) is 0 Å². The molecule has 2 rings (SSSR count). The van der Waals surface area contributed by atoms with E-state index in [2.05, 4.69) is 30.4 Å². The Bertz CT molecular complexity index is 416. The highest BCUT2D eigenvalue weighted by Crippen LogP contribution is 2.28. The third-order valence-corrected chi connectivity index (χ3v) is 3.85. The summed E-state index contributed by atoms with van der Waals surface area (Å²) in [6.07, 6.45) is 2.85. The van der Waals surface area contributed by atoms with Gasteiger partial charge >= 0.3 is 0 Å². The predicted octanol–water partition coefficient (Wildman–Crippen LogP) is 2.58. The third-order valence-electron chi connectivity index (χ3n) is 2.81. The van der Waals surface area contributed by atoms with E-state index in [9.17, 15) is 0 Å². The normalized spacial score (nSPS) is 12.9. The smallest absolute Gasteiger partial charge is 0.0819 e. The third kappa shape index (κ3) is 1.90. The number of rotatable bonds is 4. The molecule has 1 unspecified atom stereocenters. The van der Waals surface area contributed by atoms with Crippen LogP contribution in [0.1, 0.15) is 36.0 Å². The van der Waals surface area contributed by atoms with E-state index in [1.807, 2.05) is 16.9 Å². The highest BCUT2D eigenvalue weighted by atomic mass is 32.1. The van der Waals surface area contributed by atoms with Crippen molar-refractivity contribution in [2.24, 2.45) is 5.73 Å². The Balaban J connectivity index is 2.35. The lowest BCUT2D eigenvalue weighted by atomic mass is 10.1. The molecule has 2 heterocycles. The number of thiophene rings is 1. The van der Waals surface area contributed by atoms with Gasteiger partial charge in [-0.05, 0) is 36.4 Å². The molecule has 0 spiro atoms. The summed E-state index contributed by atoms with van der Waals surface area (Å²) in [7, 11) is 0. The molecule has 0 aliphatic heterocycles. The summed E-state index contributed by atoms with van der Waals surface area (Å²) >= 11 is 1.73. The highest BCUT2D eigenvalue weighted by Gasteiger charge is 2.17. The van der Waals surface area contributed by atoms with Crippen LogP contribution in [0.3, 0.4) is 0 Å². The first-order valence-electron chi connectivity index (χ1n) is 5.61. The molecule has 16 heavy (non-hydrogen) atoms. The monoisotopic (exact) mass is 235 g/mol. The Hall–Kier alpha value is -1.13. The Kier molecular flexibility index (Phi) is 3.41. The minimum Gasteiger partial charge on any atom is -0.318 e. The fourth-order valence-corrected chi connectivity index (χ4v) is 2.93. The van der Waals surface area contributed by atoms with Crippen LogP contribution < -0.4 is 5.73 Å². The maximum absolute atomic E-state index is 6.31. The lowest BCUT2D eigenvalue weighted by Gasteiger charge is -2.13. The second kappa shape index (κ2) is 4.80. The Labute approximate surface area is 99.9 Å². The molecule has 0 bridgehead atoms. The largest absolute Gasteiger partial charge is 0.318 e. The minimum absolute atomic E-state index is 0.0441. The van der Waals surface area contributed by atoms with Crippen LogP contribution in [0.25, 0.3) is 0 Å². The number of aromatic nitrogens is 2. The summed E-state index contributed by atoms with van der Waals surface area (Å²) in [6, 6.07) is 4.12. The fraction of sp³-hybridized carbons (Fsp3) is 0.417. The average molecular weight is 235 g/mol. The zero-order valence-corrected chi connectivity index (χ0v) is 10.5. The van der Waals surface area contributed by atoms with Gasteiger partial charge in [0.15, 0.2) is 0 Å². The highest BCUT2D eigenvalue weighted by molar-refractivity contribution is 7.10. The van der Waals surface area contributed by atoms with E-state index < -0.39 is 0 Å². The van der Waals surface area contributed by atoms with E-state index in [0.717, 1.165) is 18.7 Å². The summed E-state index contributed by atoms with van der Waals surface area (Å²) in [5.74, 6) is 0. The molecule has 0 aliphatic carbocycles. The molecule has 4 heteroatoms. The molecule has 0 aromatic carbocycles. The maximum atomic E-state index is 6.31. The van der Waals surface area contributed by atoms with Crippen molar-refractivity contribution in [3.05, 3.63) is 39.8 Å². The first-order chi connectivity index (χ1) is 7.77. The maximum Gasteiger partial charge on any atom is 0.0819 e. The summed E-state index contributed by atoms with van der Waals surface area (Å²) in [6.45, 7) is 5.11. The van der Waals surface area contributed by atoms with Crippen LogP contribution in [-0.2, 0) is 13.0 Å². The molecule has 0 fully saturated rings. The first kappa shape index (κ1) is 11.4. The van der Waals surface area contributed by atoms with E-state index in [1.165, 1.54) is 10.4 Å². The molecule has 0 amide bonds. The first-order valence-corrected chi connectivity index (χ1v) is 6.49. The van der Waals surface area contributed by atoms with Crippen LogP contribution in [0, 0.1) is 0 Å². The van der Waals surface area contributed by atoms with E-state index in [1.54, 1.807) is 11.3 Å². The molecule has 0 radical (unpaired) electrons. The van der Waals surface area contributed by atoms with Crippen molar-refractivity contribution >= 4 is 11.3 Å². The lowest BCUT2D eigenvalue weighted by molar-refractivity contribution is 0.602. The van der Waals surface area contributed by atoms with Crippen molar-refractivity contribution in [2.45, 2.75) is 32.9 Å². The van der Waals surface area contributed by atoms with Gasteiger partial charge in [-0.2, -0.15) is 5.10 Å². The number of hydrogen-bond donors (Lipinski definition) is 1. The van der Waals surface area contributed by atoms with E-state index in [0.29, 0.717) is 0 Å². The van der Waals surface area contributed by atoms with Gasteiger partial charge < -0.3 is 5.73 Å². The van der Waals surface area contributed by atoms with Crippen molar-refractivity contribution in [3.63, 3.8) is 0 Å². The molecule has 3 nitrogen and oxygen atoms in total. The van der Waals surface area contributed by atoms with Crippen molar-refractivity contribution in [3.8, 4) is 0 Å². The summed E-state index contributed by atoms with van der Waals surface area (Å²) in [5.41, 5.74) is 8.75.